The van der Waals surface area contributed by atoms with Crippen LogP contribution in [0.5, 0.6) is 0 Å². The second-order valence-electron chi connectivity index (χ2n) is 7.62. The van der Waals surface area contributed by atoms with Crippen molar-refractivity contribution in [3.05, 3.63) is 71.5 Å². The number of piperidine rings is 1. The van der Waals surface area contributed by atoms with Gasteiger partial charge in [0.05, 0.1) is 4.87 Å². The number of carbonyl (C=O) groups excluding carboxylic acids is 2. The number of nitrogens with zero attached hydrogens (tertiary/aromatic N) is 2. The Morgan fingerprint density at radius 3 is 2.34 bits per heavy atom. The van der Waals surface area contributed by atoms with Gasteiger partial charge in [0.1, 0.15) is 5.82 Å². The van der Waals surface area contributed by atoms with E-state index in [4.69, 9.17) is 0 Å². The number of benzene rings is 2. The van der Waals surface area contributed by atoms with Crippen molar-refractivity contribution in [2.75, 3.05) is 25.4 Å². The molecule has 0 unspecified atom stereocenters. The summed E-state index contributed by atoms with van der Waals surface area (Å²) in [5.74, 6) is 0.747. The molecule has 0 saturated carbocycles. The molecular formula is C23H25FN2O2S. The lowest BCUT2D eigenvalue weighted by Gasteiger charge is -2.44. The molecule has 2 saturated heterocycles. The van der Waals surface area contributed by atoms with E-state index in [1.165, 1.54) is 29.8 Å². The Morgan fingerprint density at radius 1 is 0.966 bits per heavy atom. The maximum absolute atomic E-state index is 13.1. The van der Waals surface area contributed by atoms with Crippen LogP contribution in [0.15, 0.2) is 54.6 Å². The van der Waals surface area contributed by atoms with Gasteiger partial charge in [0.25, 0.3) is 5.91 Å². The number of likely N-dealkylation sites (tertiary alicyclic amines) is 1. The van der Waals surface area contributed by atoms with Crippen molar-refractivity contribution < 1.29 is 14.0 Å². The SMILES string of the molecule is O=C(c1ccc(F)cc1)N1CCC2(CC1)SCCN2C(=O)CCc1ccccc1. The quantitative estimate of drug-likeness (QED) is 0.763. The molecule has 2 heterocycles. The van der Waals surface area contributed by atoms with Crippen molar-refractivity contribution in [2.45, 2.75) is 30.6 Å². The Balaban J connectivity index is 1.36. The van der Waals surface area contributed by atoms with Crippen LogP contribution in [0.3, 0.4) is 0 Å². The van der Waals surface area contributed by atoms with E-state index in [2.05, 4.69) is 17.0 Å². The molecule has 2 fully saturated rings. The van der Waals surface area contributed by atoms with E-state index in [1.807, 2.05) is 34.9 Å². The minimum atomic E-state index is -0.342. The number of rotatable bonds is 4. The Labute approximate surface area is 175 Å². The molecular weight excluding hydrogens is 387 g/mol. The molecule has 0 aromatic heterocycles. The summed E-state index contributed by atoms with van der Waals surface area (Å²) in [6.07, 6.45) is 2.83. The fourth-order valence-electron chi connectivity index (χ4n) is 4.24. The van der Waals surface area contributed by atoms with Gasteiger partial charge in [-0.1, -0.05) is 30.3 Å². The third-order valence-electron chi connectivity index (χ3n) is 5.87. The van der Waals surface area contributed by atoms with Gasteiger partial charge in [0.15, 0.2) is 0 Å². The molecule has 1 spiro atoms. The molecule has 0 aliphatic carbocycles. The van der Waals surface area contributed by atoms with Gasteiger partial charge < -0.3 is 9.80 Å². The number of aryl methyl sites for hydroxylation is 1. The van der Waals surface area contributed by atoms with Gasteiger partial charge in [-0.15, -0.1) is 11.8 Å². The molecule has 2 aliphatic heterocycles. The second kappa shape index (κ2) is 8.57. The van der Waals surface area contributed by atoms with Crippen LogP contribution in [0.2, 0.25) is 0 Å². The molecule has 4 nitrogen and oxygen atoms in total. The first kappa shape index (κ1) is 20.0. The standard InChI is InChI=1S/C23H25FN2O2S/c24-20-9-7-19(8-10-20)22(28)25-14-12-23(13-15-25)26(16-17-29-23)21(27)11-6-18-4-2-1-3-5-18/h1-5,7-10H,6,11-17H2. The van der Waals surface area contributed by atoms with Crippen molar-refractivity contribution in [2.24, 2.45) is 0 Å². The number of amides is 2. The van der Waals surface area contributed by atoms with Crippen LogP contribution >= 0.6 is 11.8 Å². The number of thioether (sulfide) groups is 1. The summed E-state index contributed by atoms with van der Waals surface area (Å²) in [6.45, 7) is 2.02. The van der Waals surface area contributed by atoms with Crippen molar-refractivity contribution in [3.63, 3.8) is 0 Å². The predicted octanol–water partition coefficient (Wildman–Crippen LogP) is 3.97. The van der Waals surface area contributed by atoms with Gasteiger partial charge in [-0.05, 0) is 49.1 Å². The summed E-state index contributed by atoms with van der Waals surface area (Å²) >= 11 is 1.85. The lowest BCUT2D eigenvalue weighted by atomic mass is 10.00. The highest BCUT2D eigenvalue weighted by molar-refractivity contribution is 8.00. The highest BCUT2D eigenvalue weighted by atomic mass is 32.2. The summed E-state index contributed by atoms with van der Waals surface area (Å²) in [5.41, 5.74) is 1.69. The molecule has 152 valence electrons. The molecule has 2 aromatic carbocycles. The molecule has 0 atom stereocenters. The lowest BCUT2D eigenvalue weighted by molar-refractivity contribution is -0.134. The Bertz CT molecular complexity index is 864. The molecule has 4 rings (SSSR count). The highest BCUT2D eigenvalue weighted by Crippen LogP contribution is 2.44. The summed E-state index contributed by atoms with van der Waals surface area (Å²) < 4.78 is 13.1. The minimum Gasteiger partial charge on any atom is -0.338 e. The van der Waals surface area contributed by atoms with Crippen LogP contribution in [0.1, 0.15) is 35.2 Å². The van der Waals surface area contributed by atoms with E-state index >= 15 is 0 Å². The van der Waals surface area contributed by atoms with Gasteiger partial charge in [0.2, 0.25) is 5.91 Å². The van der Waals surface area contributed by atoms with Crippen LogP contribution in [-0.2, 0) is 11.2 Å². The molecule has 0 radical (unpaired) electrons. The normalized spacial score (nSPS) is 18.2. The molecule has 2 aliphatic rings. The zero-order chi connectivity index (χ0) is 20.3. The third-order valence-corrected chi connectivity index (χ3v) is 7.42. The monoisotopic (exact) mass is 412 g/mol. The van der Waals surface area contributed by atoms with Crippen molar-refractivity contribution in [3.8, 4) is 0 Å². The summed E-state index contributed by atoms with van der Waals surface area (Å²) in [4.78, 5) is 29.4. The highest BCUT2D eigenvalue weighted by Gasteiger charge is 2.46. The number of hydrogen-bond acceptors (Lipinski definition) is 3. The first-order valence-corrected chi connectivity index (χ1v) is 11.1. The zero-order valence-electron chi connectivity index (χ0n) is 16.4. The Kier molecular flexibility index (Phi) is 5.90. The van der Waals surface area contributed by atoms with Gasteiger partial charge in [-0.3, -0.25) is 9.59 Å². The molecule has 0 N–H and O–H groups in total. The lowest BCUT2D eigenvalue weighted by Crippen LogP contribution is -2.53. The Hall–Kier alpha value is -2.34. The topological polar surface area (TPSA) is 40.6 Å². The van der Waals surface area contributed by atoms with E-state index in [1.54, 1.807) is 0 Å². The average molecular weight is 413 g/mol. The van der Waals surface area contributed by atoms with Crippen LogP contribution < -0.4 is 0 Å². The average Bonchev–Trinajstić information content (AvgIpc) is 3.16. The number of carbonyl (C=O) groups is 2. The first-order chi connectivity index (χ1) is 14.1. The zero-order valence-corrected chi connectivity index (χ0v) is 17.2. The van der Waals surface area contributed by atoms with E-state index in [9.17, 15) is 14.0 Å². The summed E-state index contributed by atoms with van der Waals surface area (Å²) in [6, 6.07) is 15.8. The molecule has 29 heavy (non-hydrogen) atoms. The van der Waals surface area contributed by atoms with Crippen LogP contribution in [0.4, 0.5) is 4.39 Å². The van der Waals surface area contributed by atoms with E-state index in [-0.39, 0.29) is 22.5 Å². The molecule has 2 amide bonds. The summed E-state index contributed by atoms with van der Waals surface area (Å²) in [5, 5.41) is 0. The van der Waals surface area contributed by atoms with Crippen molar-refractivity contribution >= 4 is 23.6 Å². The van der Waals surface area contributed by atoms with E-state index in [0.29, 0.717) is 25.1 Å². The Morgan fingerprint density at radius 2 is 1.66 bits per heavy atom. The maximum atomic E-state index is 13.1. The smallest absolute Gasteiger partial charge is 0.253 e. The van der Waals surface area contributed by atoms with E-state index < -0.39 is 0 Å². The van der Waals surface area contributed by atoms with Crippen molar-refractivity contribution in [1.29, 1.82) is 0 Å². The third kappa shape index (κ3) is 4.32. The molecule has 2 aromatic rings. The van der Waals surface area contributed by atoms with Crippen LogP contribution in [-0.4, -0.2) is 51.9 Å². The number of hydrogen-bond donors (Lipinski definition) is 0. The fraction of sp³-hybridized carbons (Fsp3) is 0.391. The fourth-order valence-corrected chi connectivity index (χ4v) is 5.71. The van der Waals surface area contributed by atoms with Gasteiger partial charge in [-0.25, -0.2) is 4.39 Å². The minimum absolute atomic E-state index is 0.0650. The van der Waals surface area contributed by atoms with Gasteiger partial charge >= 0.3 is 0 Å². The predicted molar refractivity (Wildman–Crippen MR) is 113 cm³/mol. The maximum Gasteiger partial charge on any atom is 0.253 e. The summed E-state index contributed by atoms with van der Waals surface area (Å²) in [7, 11) is 0. The molecule has 0 bridgehead atoms. The largest absolute Gasteiger partial charge is 0.338 e. The first-order valence-electron chi connectivity index (χ1n) is 10.1. The van der Waals surface area contributed by atoms with Crippen molar-refractivity contribution in [1.82, 2.24) is 9.80 Å². The van der Waals surface area contributed by atoms with Gasteiger partial charge in [-0.2, -0.15) is 0 Å². The molecule has 6 heteroatoms. The van der Waals surface area contributed by atoms with E-state index in [0.717, 1.165) is 31.6 Å². The second-order valence-corrected chi connectivity index (χ2v) is 9.08. The van der Waals surface area contributed by atoms with Crippen LogP contribution in [0, 0.1) is 5.82 Å². The number of halogens is 1. The van der Waals surface area contributed by atoms with Gasteiger partial charge in [0, 0.05) is 37.4 Å². The van der Waals surface area contributed by atoms with Crippen LogP contribution in [0.25, 0.3) is 0 Å².